The molecule has 7 rings (SSSR count). The first-order valence-electron chi connectivity index (χ1n) is 19.1. The Morgan fingerprint density at radius 1 is 0.816 bits per heavy atom. The standard InChI is InChI=1S/C42H59NO5Si/c1-38(2,3)49(6,7)48-41(29-14-9-8-10-15-29,43-36(44)30-16-11-12-17-31(30)37(43)45)26-23-35-40(5)28(21-27-42(35,46)47)19-20-32-33-18-13-24-39(33,4)25-22-34(32)40/h8-12,14-17,28,32-35,46-47H,13,18-27H2,1-7H3/t28?,32-,33-,34+,35?,39-,40-,41?/m0/s1. The monoisotopic (exact) mass is 685 g/mol. The molecule has 2 aromatic carbocycles. The van der Waals surface area contributed by atoms with E-state index in [-0.39, 0.29) is 22.3 Å². The van der Waals surface area contributed by atoms with Gasteiger partial charge in [0.25, 0.3) is 11.8 Å². The zero-order valence-electron chi connectivity index (χ0n) is 30.9. The van der Waals surface area contributed by atoms with E-state index >= 15 is 0 Å². The van der Waals surface area contributed by atoms with E-state index in [9.17, 15) is 19.8 Å². The SMILES string of the molecule is CC(C)(C)[Si](C)(C)OC(CCC1C(O)(O)CCC2CC[C@@H]3[C@@H](CC[C@]4(C)CCC[C@@H]34)[C@]21C)(c1ccccc1)N1C(=O)c2ccccc2C1=O. The van der Waals surface area contributed by atoms with Crippen LogP contribution in [-0.4, -0.2) is 41.0 Å². The molecule has 49 heavy (non-hydrogen) atoms. The molecule has 0 radical (unpaired) electrons. The predicted molar refractivity (Wildman–Crippen MR) is 195 cm³/mol. The highest BCUT2D eigenvalue weighted by Crippen LogP contribution is 2.69. The summed E-state index contributed by atoms with van der Waals surface area (Å²) in [6.45, 7) is 15.8. The number of carbonyl (C=O) groups is 2. The van der Waals surface area contributed by atoms with Gasteiger partial charge < -0.3 is 14.6 Å². The van der Waals surface area contributed by atoms with Crippen molar-refractivity contribution in [2.45, 2.75) is 135 Å². The van der Waals surface area contributed by atoms with Gasteiger partial charge in [-0.15, -0.1) is 0 Å². The highest BCUT2D eigenvalue weighted by molar-refractivity contribution is 6.74. The molecule has 266 valence electrons. The number of aliphatic hydroxyl groups is 2. The topological polar surface area (TPSA) is 87.1 Å². The number of amides is 2. The molecule has 1 heterocycles. The third-order valence-corrected chi connectivity index (χ3v) is 19.8. The van der Waals surface area contributed by atoms with Crippen LogP contribution in [0, 0.1) is 40.4 Å². The highest BCUT2D eigenvalue weighted by atomic mass is 28.4. The molecule has 4 saturated carbocycles. The highest BCUT2D eigenvalue weighted by Gasteiger charge is 2.65. The maximum Gasteiger partial charge on any atom is 0.264 e. The van der Waals surface area contributed by atoms with Gasteiger partial charge in [0, 0.05) is 17.9 Å². The van der Waals surface area contributed by atoms with Gasteiger partial charge in [0.1, 0.15) is 0 Å². The number of hydrogen-bond donors (Lipinski definition) is 2. The summed E-state index contributed by atoms with van der Waals surface area (Å²) in [5.74, 6) is -0.786. The molecule has 6 nitrogen and oxygen atoms in total. The van der Waals surface area contributed by atoms with Crippen molar-refractivity contribution in [3.63, 3.8) is 0 Å². The minimum atomic E-state index is -2.65. The van der Waals surface area contributed by atoms with Crippen molar-refractivity contribution >= 4 is 20.1 Å². The Hall–Kier alpha value is -2.32. The maximum absolute atomic E-state index is 14.5. The Bertz CT molecular complexity index is 1560. The molecule has 1 aliphatic heterocycles. The van der Waals surface area contributed by atoms with Gasteiger partial charge >= 0.3 is 0 Å². The summed E-state index contributed by atoms with van der Waals surface area (Å²) in [5.41, 5.74) is 0.278. The molecule has 2 aromatic rings. The van der Waals surface area contributed by atoms with Crippen LogP contribution in [0.1, 0.15) is 132 Å². The third-order valence-electron chi connectivity index (χ3n) is 15.3. The van der Waals surface area contributed by atoms with Crippen LogP contribution in [0.4, 0.5) is 0 Å². The molecule has 0 bridgehead atoms. The summed E-state index contributed by atoms with van der Waals surface area (Å²) in [7, 11) is -2.65. The first-order chi connectivity index (χ1) is 23.0. The molecule has 5 aliphatic rings. The molecule has 2 N–H and O–H groups in total. The molecule has 0 spiro atoms. The van der Waals surface area contributed by atoms with E-state index in [1.54, 1.807) is 24.3 Å². The normalized spacial score (nSPS) is 35.3. The molecule has 0 saturated heterocycles. The van der Waals surface area contributed by atoms with E-state index in [4.69, 9.17) is 4.43 Å². The van der Waals surface area contributed by atoms with E-state index in [1.807, 2.05) is 30.3 Å². The third kappa shape index (κ3) is 5.35. The van der Waals surface area contributed by atoms with E-state index in [1.165, 1.54) is 37.0 Å². The quantitative estimate of drug-likeness (QED) is 0.172. The summed E-state index contributed by atoms with van der Waals surface area (Å²) < 4.78 is 7.50. The second-order valence-electron chi connectivity index (χ2n) is 18.6. The number of nitrogens with zero attached hydrogens (tertiary/aromatic N) is 1. The van der Waals surface area contributed by atoms with Crippen LogP contribution < -0.4 is 0 Å². The number of rotatable bonds is 7. The van der Waals surface area contributed by atoms with E-state index in [0.717, 1.165) is 24.8 Å². The minimum absolute atomic E-state index is 0.210. The first kappa shape index (κ1) is 35.1. The van der Waals surface area contributed by atoms with Gasteiger partial charge in [-0.2, -0.15) is 0 Å². The summed E-state index contributed by atoms with van der Waals surface area (Å²) in [6.07, 6.45) is 10.6. The van der Waals surface area contributed by atoms with Crippen LogP contribution in [0.5, 0.6) is 0 Å². The Kier molecular flexibility index (Phi) is 8.49. The van der Waals surface area contributed by atoms with E-state index in [2.05, 4.69) is 47.7 Å². The Morgan fingerprint density at radius 2 is 1.45 bits per heavy atom. The van der Waals surface area contributed by atoms with Crippen molar-refractivity contribution in [3.05, 3.63) is 71.3 Å². The number of benzene rings is 2. The Morgan fingerprint density at radius 3 is 2.08 bits per heavy atom. The van der Waals surface area contributed by atoms with Crippen LogP contribution in [0.25, 0.3) is 0 Å². The van der Waals surface area contributed by atoms with Crippen LogP contribution in [-0.2, 0) is 10.2 Å². The van der Waals surface area contributed by atoms with Crippen LogP contribution >= 0.6 is 0 Å². The maximum atomic E-state index is 14.5. The second-order valence-corrected chi connectivity index (χ2v) is 23.3. The molecule has 3 unspecified atom stereocenters. The van der Waals surface area contributed by atoms with E-state index < -0.39 is 25.7 Å². The Labute approximate surface area is 295 Å². The van der Waals surface area contributed by atoms with Crippen molar-refractivity contribution in [1.29, 1.82) is 0 Å². The predicted octanol–water partition coefficient (Wildman–Crippen LogP) is 9.28. The molecule has 0 aromatic heterocycles. The average molecular weight is 686 g/mol. The van der Waals surface area contributed by atoms with Crippen molar-refractivity contribution in [3.8, 4) is 0 Å². The minimum Gasteiger partial charge on any atom is -0.391 e. The molecule has 8 atom stereocenters. The number of imide groups is 1. The molecular formula is C42H59NO5Si. The smallest absolute Gasteiger partial charge is 0.264 e. The summed E-state index contributed by atoms with van der Waals surface area (Å²) >= 11 is 0. The average Bonchev–Trinajstić information content (AvgIpc) is 3.56. The zero-order valence-corrected chi connectivity index (χ0v) is 31.9. The lowest BCUT2D eigenvalue weighted by Gasteiger charge is -2.64. The van der Waals surface area contributed by atoms with Crippen molar-refractivity contribution in [2.24, 2.45) is 40.4 Å². The largest absolute Gasteiger partial charge is 0.391 e. The van der Waals surface area contributed by atoms with Gasteiger partial charge in [-0.25, -0.2) is 4.90 Å². The van der Waals surface area contributed by atoms with Crippen molar-refractivity contribution in [1.82, 2.24) is 4.90 Å². The lowest BCUT2D eigenvalue weighted by Crippen LogP contribution is -2.63. The fourth-order valence-electron chi connectivity index (χ4n) is 11.7. The van der Waals surface area contributed by atoms with Crippen LogP contribution in [0.3, 0.4) is 0 Å². The Balaban J connectivity index is 1.35. The zero-order chi connectivity index (χ0) is 35.2. The molecule has 2 amide bonds. The summed E-state index contributed by atoms with van der Waals surface area (Å²) in [4.78, 5) is 30.4. The first-order valence-corrected chi connectivity index (χ1v) is 22.1. The molecule has 7 heteroatoms. The summed E-state index contributed by atoms with van der Waals surface area (Å²) in [6, 6.07) is 16.9. The number of carbonyl (C=O) groups excluding carboxylic acids is 2. The molecule has 4 aliphatic carbocycles. The number of hydrogen-bond acceptors (Lipinski definition) is 5. The van der Waals surface area contributed by atoms with Gasteiger partial charge in [-0.1, -0.05) is 83.5 Å². The van der Waals surface area contributed by atoms with Gasteiger partial charge in [0.05, 0.1) is 11.1 Å². The summed E-state index contributed by atoms with van der Waals surface area (Å²) in [5, 5.41) is 24.0. The fourth-order valence-corrected chi connectivity index (χ4v) is 13.2. The lowest BCUT2D eigenvalue weighted by molar-refractivity contribution is -0.289. The second kappa shape index (κ2) is 11.9. The number of fused-ring (bicyclic) bond motifs is 6. The van der Waals surface area contributed by atoms with E-state index in [0.29, 0.717) is 59.5 Å². The van der Waals surface area contributed by atoms with Gasteiger partial charge in [0.15, 0.2) is 19.8 Å². The van der Waals surface area contributed by atoms with Crippen molar-refractivity contribution < 1.29 is 24.2 Å². The van der Waals surface area contributed by atoms with Crippen LogP contribution in [0.15, 0.2) is 54.6 Å². The van der Waals surface area contributed by atoms with Gasteiger partial charge in [0.2, 0.25) is 0 Å². The van der Waals surface area contributed by atoms with Crippen molar-refractivity contribution in [2.75, 3.05) is 0 Å². The van der Waals surface area contributed by atoms with Gasteiger partial charge in [-0.05, 0) is 123 Å². The van der Waals surface area contributed by atoms with Crippen LogP contribution in [0.2, 0.25) is 18.1 Å². The lowest BCUT2D eigenvalue weighted by atomic mass is 9.41. The van der Waals surface area contributed by atoms with Gasteiger partial charge in [-0.3, -0.25) is 9.59 Å². The molecular weight excluding hydrogens is 627 g/mol. The molecule has 4 fully saturated rings. The fraction of sp³-hybridized carbons (Fsp3) is 0.667.